The molecule has 0 bridgehead atoms. The van der Waals surface area contributed by atoms with E-state index in [-0.39, 0.29) is 5.92 Å². The van der Waals surface area contributed by atoms with Gasteiger partial charge in [0, 0.05) is 25.0 Å². The molecule has 21 heavy (non-hydrogen) atoms. The van der Waals surface area contributed by atoms with Gasteiger partial charge in [0.1, 0.15) is 11.5 Å². The largest absolute Gasteiger partial charge is 0.339 e. The molecule has 0 amide bonds. The first kappa shape index (κ1) is 13.9. The summed E-state index contributed by atoms with van der Waals surface area (Å²) in [6.45, 7) is 2.07. The molecule has 1 aliphatic rings. The topological polar surface area (TPSA) is 68.9 Å². The lowest BCUT2D eigenvalue weighted by Gasteiger charge is -2.18. The summed E-state index contributed by atoms with van der Waals surface area (Å²) in [5, 5.41) is 4.03. The first-order valence-electron chi connectivity index (χ1n) is 7.57. The van der Waals surface area contributed by atoms with Gasteiger partial charge in [-0.05, 0) is 30.9 Å². The second-order valence-electron chi connectivity index (χ2n) is 5.49. The summed E-state index contributed by atoms with van der Waals surface area (Å²) in [6.07, 6.45) is 6.89. The van der Waals surface area contributed by atoms with Gasteiger partial charge in [-0.25, -0.2) is 0 Å². The van der Waals surface area contributed by atoms with Crippen molar-refractivity contribution in [2.75, 3.05) is 0 Å². The van der Waals surface area contributed by atoms with E-state index >= 15 is 0 Å². The molecule has 0 spiro atoms. The van der Waals surface area contributed by atoms with Crippen LogP contribution in [0.1, 0.15) is 44.1 Å². The molecule has 0 aromatic carbocycles. The van der Waals surface area contributed by atoms with Crippen LogP contribution in [0.25, 0.3) is 11.5 Å². The monoisotopic (exact) mass is 285 g/mol. The Kier molecular flexibility index (Phi) is 4.08. The highest BCUT2D eigenvalue weighted by Crippen LogP contribution is 2.25. The van der Waals surface area contributed by atoms with Gasteiger partial charge in [0.25, 0.3) is 0 Å². The van der Waals surface area contributed by atoms with Crippen LogP contribution >= 0.6 is 0 Å². The molecule has 2 heterocycles. The van der Waals surface area contributed by atoms with E-state index < -0.39 is 0 Å². The number of carbonyl (C=O) groups is 1. The Hall–Kier alpha value is -2.04. The Bertz CT molecular complexity index is 636. The van der Waals surface area contributed by atoms with Crippen LogP contribution < -0.4 is 0 Å². The smallest absolute Gasteiger partial charge is 0.227 e. The molecular formula is C16H19N3O2. The fourth-order valence-corrected chi connectivity index (χ4v) is 2.84. The molecule has 0 radical (unpaired) electrons. The van der Waals surface area contributed by atoms with Crippen molar-refractivity contribution in [2.45, 2.75) is 45.4 Å². The number of carbonyl (C=O) groups excluding carboxylic acids is 1. The molecule has 1 aliphatic carbocycles. The number of rotatable bonds is 4. The van der Waals surface area contributed by atoms with Gasteiger partial charge in [0.05, 0.1) is 0 Å². The lowest BCUT2D eigenvalue weighted by Crippen LogP contribution is -2.21. The Balaban J connectivity index is 1.78. The maximum Gasteiger partial charge on any atom is 0.227 e. The van der Waals surface area contributed by atoms with Crippen molar-refractivity contribution in [1.82, 2.24) is 15.1 Å². The third kappa shape index (κ3) is 3.01. The maximum absolute atomic E-state index is 11.9. The van der Waals surface area contributed by atoms with Gasteiger partial charge >= 0.3 is 0 Å². The standard InChI is InChI=1S/C16H19N3O2/c1-2-11-7-5-9-17-15(11)16-18-14(21-19-16)10-12-6-3-4-8-13(12)20/h5,7,9,12H,2-4,6,8,10H2,1H3. The van der Waals surface area contributed by atoms with E-state index in [2.05, 4.69) is 22.0 Å². The van der Waals surface area contributed by atoms with Gasteiger partial charge < -0.3 is 4.52 Å². The number of aryl methyl sites for hydroxylation is 1. The van der Waals surface area contributed by atoms with Crippen LogP contribution in [0.2, 0.25) is 0 Å². The minimum absolute atomic E-state index is 0.0430. The highest BCUT2D eigenvalue weighted by molar-refractivity contribution is 5.81. The number of hydrogen-bond donors (Lipinski definition) is 0. The summed E-state index contributed by atoms with van der Waals surface area (Å²) in [7, 11) is 0. The number of Topliss-reactive ketones (excluding diaryl/α,β-unsaturated/α-hetero) is 1. The van der Waals surface area contributed by atoms with Crippen LogP contribution in [0.4, 0.5) is 0 Å². The van der Waals surface area contributed by atoms with Crippen molar-refractivity contribution < 1.29 is 9.32 Å². The first-order chi connectivity index (χ1) is 10.3. The lowest BCUT2D eigenvalue weighted by atomic mass is 9.86. The number of ketones is 1. The van der Waals surface area contributed by atoms with Crippen molar-refractivity contribution in [1.29, 1.82) is 0 Å². The van der Waals surface area contributed by atoms with Gasteiger partial charge in [0.15, 0.2) is 0 Å². The van der Waals surface area contributed by atoms with Crippen LogP contribution in [0.5, 0.6) is 0 Å². The van der Waals surface area contributed by atoms with E-state index in [9.17, 15) is 4.79 Å². The van der Waals surface area contributed by atoms with Crippen LogP contribution in [0, 0.1) is 5.92 Å². The fraction of sp³-hybridized carbons (Fsp3) is 0.500. The SMILES string of the molecule is CCc1cccnc1-c1noc(CC2CCCCC2=O)n1. The van der Waals surface area contributed by atoms with Crippen molar-refractivity contribution in [3.05, 3.63) is 29.8 Å². The molecule has 1 unspecified atom stereocenters. The molecule has 1 fully saturated rings. The zero-order valence-electron chi connectivity index (χ0n) is 12.2. The van der Waals surface area contributed by atoms with Gasteiger partial charge in [-0.2, -0.15) is 4.98 Å². The Morgan fingerprint density at radius 3 is 3.10 bits per heavy atom. The summed E-state index contributed by atoms with van der Waals surface area (Å²) in [4.78, 5) is 20.6. The lowest BCUT2D eigenvalue weighted by molar-refractivity contribution is -0.124. The molecule has 3 rings (SSSR count). The van der Waals surface area contributed by atoms with Crippen LogP contribution in [-0.2, 0) is 17.6 Å². The van der Waals surface area contributed by atoms with E-state index in [1.807, 2.05) is 12.1 Å². The summed E-state index contributed by atoms with van der Waals surface area (Å²) >= 11 is 0. The molecule has 1 atom stereocenters. The van der Waals surface area contributed by atoms with Crippen LogP contribution in [-0.4, -0.2) is 20.9 Å². The summed E-state index contributed by atoms with van der Waals surface area (Å²) in [5.41, 5.74) is 1.86. The highest BCUT2D eigenvalue weighted by atomic mass is 16.5. The zero-order chi connectivity index (χ0) is 14.7. The van der Waals surface area contributed by atoms with E-state index in [0.29, 0.717) is 30.3 Å². The zero-order valence-corrected chi connectivity index (χ0v) is 12.2. The average Bonchev–Trinajstić information content (AvgIpc) is 2.98. The van der Waals surface area contributed by atoms with Gasteiger partial charge in [0.2, 0.25) is 11.7 Å². The molecule has 2 aromatic heterocycles. The third-order valence-corrected chi connectivity index (χ3v) is 4.05. The molecule has 110 valence electrons. The molecule has 0 saturated heterocycles. The Morgan fingerprint density at radius 1 is 1.38 bits per heavy atom. The molecule has 0 N–H and O–H groups in total. The number of aromatic nitrogens is 3. The van der Waals surface area contributed by atoms with E-state index in [0.717, 1.165) is 36.9 Å². The number of hydrogen-bond acceptors (Lipinski definition) is 5. The predicted octanol–water partition coefficient (Wildman–Crippen LogP) is 3.00. The van der Waals surface area contributed by atoms with Crippen molar-refractivity contribution in [3.8, 4) is 11.5 Å². The van der Waals surface area contributed by atoms with E-state index in [1.165, 1.54) is 0 Å². The van der Waals surface area contributed by atoms with Gasteiger partial charge in [-0.1, -0.05) is 24.6 Å². The van der Waals surface area contributed by atoms with Crippen molar-refractivity contribution in [2.24, 2.45) is 5.92 Å². The van der Waals surface area contributed by atoms with Crippen molar-refractivity contribution in [3.63, 3.8) is 0 Å². The van der Waals surface area contributed by atoms with E-state index in [4.69, 9.17) is 4.52 Å². The molecule has 2 aromatic rings. The average molecular weight is 285 g/mol. The summed E-state index contributed by atoms with van der Waals surface area (Å²) in [5.74, 6) is 1.43. The second-order valence-corrected chi connectivity index (χ2v) is 5.49. The van der Waals surface area contributed by atoms with E-state index in [1.54, 1.807) is 6.20 Å². The number of pyridine rings is 1. The quantitative estimate of drug-likeness (QED) is 0.863. The van der Waals surface area contributed by atoms with Crippen LogP contribution in [0.3, 0.4) is 0 Å². The van der Waals surface area contributed by atoms with Gasteiger partial charge in [-0.3, -0.25) is 9.78 Å². The Morgan fingerprint density at radius 2 is 2.29 bits per heavy atom. The van der Waals surface area contributed by atoms with Crippen molar-refractivity contribution >= 4 is 5.78 Å². The normalized spacial score (nSPS) is 18.9. The number of nitrogens with zero attached hydrogens (tertiary/aromatic N) is 3. The maximum atomic E-state index is 11.9. The summed E-state index contributed by atoms with van der Waals surface area (Å²) in [6, 6.07) is 3.92. The Labute approximate surface area is 123 Å². The molecule has 1 saturated carbocycles. The molecule has 5 heteroatoms. The highest BCUT2D eigenvalue weighted by Gasteiger charge is 2.25. The fourth-order valence-electron chi connectivity index (χ4n) is 2.84. The summed E-state index contributed by atoms with van der Waals surface area (Å²) < 4.78 is 5.32. The van der Waals surface area contributed by atoms with Crippen LogP contribution in [0.15, 0.2) is 22.9 Å². The molecule has 0 aliphatic heterocycles. The molecular weight excluding hydrogens is 266 g/mol. The van der Waals surface area contributed by atoms with Gasteiger partial charge in [-0.15, -0.1) is 0 Å². The minimum atomic E-state index is 0.0430. The first-order valence-corrected chi connectivity index (χ1v) is 7.57. The third-order valence-electron chi connectivity index (χ3n) is 4.05. The molecule has 5 nitrogen and oxygen atoms in total. The predicted molar refractivity (Wildman–Crippen MR) is 77.6 cm³/mol. The second kappa shape index (κ2) is 6.16. The minimum Gasteiger partial charge on any atom is -0.339 e.